The third kappa shape index (κ3) is 3.13. The number of amides is 1. The molecule has 0 fully saturated rings. The van der Waals surface area contributed by atoms with Crippen LogP contribution in [0.3, 0.4) is 0 Å². The fraction of sp³-hybridized carbons (Fsp3) is 0.417. The van der Waals surface area contributed by atoms with E-state index < -0.39 is 6.04 Å². The van der Waals surface area contributed by atoms with Gasteiger partial charge in [0.05, 0.1) is 27.5 Å². The Morgan fingerprint density at radius 3 is 2.50 bits per heavy atom. The maximum atomic E-state index is 11.9. The first-order chi connectivity index (χ1) is 9.40. The molecular formula is C12H14Cl2N4OS. The van der Waals surface area contributed by atoms with Gasteiger partial charge in [0.2, 0.25) is 5.91 Å². The smallest absolute Gasteiger partial charge is 0.242 e. The largest absolute Gasteiger partial charge is 0.371 e. The van der Waals surface area contributed by atoms with Crippen LogP contribution in [0.5, 0.6) is 0 Å². The molecule has 2 aromatic rings. The van der Waals surface area contributed by atoms with Crippen LogP contribution in [0.25, 0.3) is 11.0 Å². The van der Waals surface area contributed by atoms with Crippen molar-refractivity contribution in [2.24, 2.45) is 0 Å². The summed E-state index contributed by atoms with van der Waals surface area (Å²) in [6.07, 6.45) is 0. The maximum Gasteiger partial charge on any atom is 0.242 e. The number of fused-ring (bicyclic) bond motifs is 1. The summed E-state index contributed by atoms with van der Waals surface area (Å²) in [5.74, 6) is -0.109. The van der Waals surface area contributed by atoms with Crippen LogP contribution >= 0.6 is 34.9 Å². The van der Waals surface area contributed by atoms with E-state index in [0.29, 0.717) is 26.8 Å². The lowest BCUT2D eigenvalue weighted by Crippen LogP contribution is -2.41. The Kier molecular flexibility index (Phi) is 4.67. The number of carbonyl (C=O) groups is 1. The summed E-state index contributed by atoms with van der Waals surface area (Å²) in [4.78, 5) is 11.9. The molecule has 1 aromatic heterocycles. The molecule has 20 heavy (non-hydrogen) atoms. The average Bonchev–Trinajstić information content (AvgIpc) is 2.82. The van der Waals surface area contributed by atoms with E-state index in [4.69, 9.17) is 23.2 Å². The minimum absolute atomic E-state index is 0.0772. The second kappa shape index (κ2) is 6.11. The monoisotopic (exact) mass is 332 g/mol. The van der Waals surface area contributed by atoms with Crippen LogP contribution in [0.2, 0.25) is 10.0 Å². The van der Waals surface area contributed by atoms with Crippen LogP contribution in [-0.2, 0) is 4.79 Å². The molecule has 1 atom stereocenters. The standard InChI is InChI=1S/C12H14Cl2N4OS/c1-5(2)15-12(19)6(3)16-9-7(13)4-8(14)10-11(9)18-20-17-10/h4-6,16H,1-3H3,(H,15,19). The van der Waals surface area contributed by atoms with E-state index in [-0.39, 0.29) is 11.9 Å². The van der Waals surface area contributed by atoms with Gasteiger partial charge in [0.1, 0.15) is 17.1 Å². The number of nitrogens with zero attached hydrogens (tertiary/aromatic N) is 2. The Hall–Kier alpha value is -1.11. The van der Waals surface area contributed by atoms with E-state index in [9.17, 15) is 4.79 Å². The number of aromatic nitrogens is 2. The average molecular weight is 333 g/mol. The van der Waals surface area contributed by atoms with Gasteiger partial charge in [-0.1, -0.05) is 23.2 Å². The fourth-order valence-corrected chi connectivity index (χ4v) is 2.87. The Morgan fingerprint density at radius 1 is 1.20 bits per heavy atom. The highest BCUT2D eigenvalue weighted by Crippen LogP contribution is 2.35. The first-order valence-electron chi connectivity index (χ1n) is 6.07. The van der Waals surface area contributed by atoms with E-state index in [0.717, 1.165) is 11.7 Å². The van der Waals surface area contributed by atoms with Crippen LogP contribution in [0.4, 0.5) is 5.69 Å². The van der Waals surface area contributed by atoms with Crippen molar-refractivity contribution in [2.45, 2.75) is 32.9 Å². The van der Waals surface area contributed by atoms with Crippen molar-refractivity contribution >= 4 is 57.6 Å². The van der Waals surface area contributed by atoms with Gasteiger partial charge in [-0.3, -0.25) is 4.79 Å². The molecule has 0 aliphatic heterocycles. The fourth-order valence-electron chi connectivity index (χ4n) is 1.70. The second-order valence-electron chi connectivity index (χ2n) is 4.71. The Balaban J connectivity index is 2.30. The summed E-state index contributed by atoms with van der Waals surface area (Å²) < 4.78 is 8.30. The molecule has 2 N–H and O–H groups in total. The molecule has 8 heteroatoms. The van der Waals surface area contributed by atoms with Crippen molar-refractivity contribution < 1.29 is 4.79 Å². The predicted octanol–water partition coefficient (Wildman–Crippen LogP) is 3.32. The number of hydrogen-bond acceptors (Lipinski definition) is 5. The van der Waals surface area contributed by atoms with Crippen molar-refractivity contribution in [3.63, 3.8) is 0 Å². The van der Waals surface area contributed by atoms with Crippen LogP contribution in [0, 0.1) is 0 Å². The quantitative estimate of drug-likeness (QED) is 0.901. The number of hydrogen-bond donors (Lipinski definition) is 2. The van der Waals surface area contributed by atoms with Crippen molar-refractivity contribution in [1.29, 1.82) is 0 Å². The highest BCUT2D eigenvalue weighted by Gasteiger charge is 2.19. The summed E-state index contributed by atoms with van der Waals surface area (Å²) in [7, 11) is 0. The lowest BCUT2D eigenvalue weighted by molar-refractivity contribution is -0.122. The van der Waals surface area contributed by atoms with E-state index in [1.54, 1.807) is 13.0 Å². The van der Waals surface area contributed by atoms with Crippen molar-refractivity contribution in [2.75, 3.05) is 5.32 Å². The zero-order valence-corrected chi connectivity index (χ0v) is 13.5. The SMILES string of the molecule is CC(C)NC(=O)C(C)Nc1c(Cl)cc(Cl)c2nsnc12. The number of rotatable bonds is 4. The first-order valence-corrected chi connectivity index (χ1v) is 7.56. The lowest BCUT2D eigenvalue weighted by Gasteiger charge is -2.18. The molecule has 108 valence electrons. The molecule has 0 saturated carbocycles. The lowest BCUT2D eigenvalue weighted by atomic mass is 10.2. The van der Waals surface area contributed by atoms with Gasteiger partial charge in [0, 0.05) is 6.04 Å². The van der Waals surface area contributed by atoms with Gasteiger partial charge in [0.25, 0.3) is 0 Å². The number of benzene rings is 1. The molecule has 2 rings (SSSR count). The van der Waals surface area contributed by atoms with Crippen molar-refractivity contribution in [3.8, 4) is 0 Å². The van der Waals surface area contributed by atoms with Crippen LogP contribution in [0.15, 0.2) is 6.07 Å². The molecule has 0 bridgehead atoms. The normalized spacial score (nSPS) is 12.7. The Labute approximate surface area is 131 Å². The molecule has 5 nitrogen and oxygen atoms in total. The summed E-state index contributed by atoms with van der Waals surface area (Å²) in [6, 6.07) is 1.23. The molecule has 1 unspecified atom stereocenters. The molecule has 0 aliphatic rings. The molecule has 0 radical (unpaired) electrons. The molecule has 0 spiro atoms. The van der Waals surface area contributed by atoms with Gasteiger partial charge in [0.15, 0.2) is 0 Å². The van der Waals surface area contributed by atoms with Crippen LogP contribution in [-0.4, -0.2) is 26.7 Å². The molecular weight excluding hydrogens is 319 g/mol. The highest BCUT2D eigenvalue weighted by molar-refractivity contribution is 7.00. The minimum Gasteiger partial charge on any atom is -0.371 e. The molecule has 1 aromatic carbocycles. The number of carbonyl (C=O) groups excluding carboxylic acids is 1. The van der Waals surface area contributed by atoms with Gasteiger partial charge in [-0.05, 0) is 26.8 Å². The summed E-state index contributed by atoms with van der Waals surface area (Å²) in [5, 5.41) is 6.77. The number of nitrogens with one attached hydrogen (secondary N) is 2. The molecule has 0 aliphatic carbocycles. The second-order valence-corrected chi connectivity index (χ2v) is 6.05. The molecule has 1 heterocycles. The van der Waals surface area contributed by atoms with Crippen molar-refractivity contribution in [3.05, 3.63) is 16.1 Å². The van der Waals surface area contributed by atoms with E-state index in [1.807, 2.05) is 13.8 Å². The van der Waals surface area contributed by atoms with E-state index >= 15 is 0 Å². The molecule has 0 saturated heterocycles. The zero-order valence-electron chi connectivity index (χ0n) is 11.2. The third-order valence-electron chi connectivity index (χ3n) is 2.63. The maximum absolute atomic E-state index is 11.9. The number of halogens is 2. The van der Waals surface area contributed by atoms with Crippen LogP contribution in [0.1, 0.15) is 20.8 Å². The van der Waals surface area contributed by atoms with Gasteiger partial charge in [-0.15, -0.1) is 0 Å². The molecule has 1 amide bonds. The number of anilines is 1. The van der Waals surface area contributed by atoms with E-state index in [2.05, 4.69) is 19.4 Å². The first kappa shape index (κ1) is 15.3. The minimum atomic E-state index is -0.444. The summed E-state index contributed by atoms with van der Waals surface area (Å²) in [5.41, 5.74) is 1.74. The Morgan fingerprint density at radius 2 is 1.85 bits per heavy atom. The topological polar surface area (TPSA) is 66.9 Å². The summed E-state index contributed by atoms with van der Waals surface area (Å²) in [6.45, 7) is 5.57. The van der Waals surface area contributed by atoms with Gasteiger partial charge < -0.3 is 10.6 Å². The third-order valence-corrected chi connectivity index (χ3v) is 3.74. The van der Waals surface area contributed by atoms with E-state index in [1.165, 1.54) is 0 Å². The Bertz CT molecular complexity index is 644. The van der Waals surface area contributed by atoms with Gasteiger partial charge >= 0.3 is 0 Å². The highest BCUT2D eigenvalue weighted by atomic mass is 35.5. The van der Waals surface area contributed by atoms with Crippen molar-refractivity contribution in [1.82, 2.24) is 14.1 Å². The van der Waals surface area contributed by atoms with Crippen LogP contribution < -0.4 is 10.6 Å². The summed E-state index contributed by atoms with van der Waals surface area (Å²) >= 11 is 13.3. The predicted molar refractivity (Wildman–Crippen MR) is 83.8 cm³/mol. The zero-order chi connectivity index (χ0) is 14.9. The van der Waals surface area contributed by atoms with Gasteiger partial charge in [-0.2, -0.15) is 8.75 Å². The van der Waals surface area contributed by atoms with Gasteiger partial charge in [-0.25, -0.2) is 0 Å².